The van der Waals surface area contributed by atoms with Gasteiger partial charge in [-0.2, -0.15) is 0 Å². The third kappa shape index (κ3) is 4.32. The van der Waals surface area contributed by atoms with Gasteiger partial charge in [-0.25, -0.2) is 9.59 Å². The quantitative estimate of drug-likeness (QED) is 0.523. The van der Waals surface area contributed by atoms with Gasteiger partial charge in [-0.15, -0.1) is 0 Å². The van der Waals surface area contributed by atoms with Crippen molar-refractivity contribution < 1.29 is 19.4 Å². The molecule has 0 aliphatic carbocycles. The number of nitrogens with one attached hydrogen (secondary N) is 1. The van der Waals surface area contributed by atoms with Crippen LogP contribution in [0.1, 0.15) is 20.8 Å². The van der Waals surface area contributed by atoms with E-state index < -0.39 is 23.6 Å². The van der Waals surface area contributed by atoms with Crippen LogP contribution in [0.5, 0.6) is 0 Å². The van der Waals surface area contributed by atoms with E-state index in [9.17, 15) is 9.59 Å². The second-order valence-corrected chi connectivity index (χ2v) is 5.06. The molecular formula is C11H20N2O4. The van der Waals surface area contributed by atoms with Gasteiger partial charge in [0.05, 0.1) is 0 Å². The van der Waals surface area contributed by atoms with E-state index in [0.29, 0.717) is 26.2 Å². The molecule has 6 heteroatoms. The first kappa shape index (κ1) is 13.9. The highest BCUT2D eigenvalue weighted by Gasteiger charge is 2.36. The Morgan fingerprint density at radius 3 is 2.24 bits per heavy atom. The maximum absolute atomic E-state index is 11.8. The van der Waals surface area contributed by atoms with Crippen molar-refractivity contribution in [2.24, 2.45) is 0 Å². The van der Waals surface area contributed by atoms with Gasteiger partial charge in [-0.1, -0.05) is 0 Å². The van der Waals surface area contributed by atoms with E-state index >= 15 is 0 Å². The number of carbonyl (C=O) groups is 2. The lowest BCUT2D eigenvalue weighted by molar-refractivity contribution is -0.168. The molecule has 1 rings (SSSR count). The topological polar surface area (TPSA) is 78.9 Å². The van der Waals surface area contributed by atoms with Crippen molar-refractivity contribution in [2.75, 3.05) is 26.2 Å². The zero-order valence-electron chi connectivity index (χ0n) is 10.5. The monoisotopic (exact) mass is 244 g/mol. The Bertz CT molecular complexity index is 292. The second kappa shape index (κ2) is 5.46. The number of carboxylic acids is 1. The van der Waals surface area contributed by atoms with E-state index in [0.717, 1.165) is 0 Å². The molecule has 1 fully saturated rings. The maximum Gasteiger partial charge on any atom is 0.335 e. The number of ether oxygens (including phenoxy) is 1. The van der Waals surface area contributed by atoms with Crippen molar-refractivity contribution in [3.8, 4) is 0 Å². The van der Waals surface area contributed by atoms with Gasteiger partial charge in [0.15, 0.2) is 0 Å². The van der Waals surface area contributed by atoms with Crippen LogP contribution in [0, 0.1) is 0 Å². The Hall–Kier alpha value is -1.14. The van der Waals surface area contributed by atoms with Gasteiger partial charge in [-0.05, 0) is 20.8 Å². The van der Waals surface area contributed by atoms with Gasteiger partial charge in [0, 0.05) is 26.2 Å². The van der Waals surface area contributed by atoms with Crippen LogP contribution in [-0.2, 0) is 14.3 Å². The fourth-order valence-electron chi connectivity index (χ4n) is 1.70. The second-order valence-electron chi connectivity index (χ2n) is 5.06. The molecule has 0 radical (unpaired) electrons. The van der Waals surface area contributed by atoms with Crippen LogP contribution in [0.3, 0.4) is 0 Å². The summed E-state index contributed by atoms with van der Waals surface area (Å²) in [6, 6.07) is -1.20. The van der Waals surface area contributed by atoms with Gasteiger partial charge < -0.3 is 15.2 Å². The van der Waals surface area contributed by atoms with Gasteiger partial charge in [0.1, 0.15) is 5.60 Å². The SMILES string of the molecule is CC(C)(C)OC(=O)C(C(=O)O)N1CCNCC1. The Morgan fingerprint density at radius 1 is 1.29 bits per heavy atom. The van der Waals surface area contributed by atoms with E-state index in [2.05, 4.69) is 5.32 Å². The average molecular weight is 244 g/mol. The van der Waals surface area contributed by atoms with Crippen molar-refractivity contribution in [3.63, 3.8) is 0 Å². The van der Waals surface area contributed by atoms with E-state index in [1.807, 2.05) is 0 Å². The van der Waals surface area contributed by atoms with Gasteiger partial charge in [-0.3, -0.25) is 4.90 Å². The Kier molecular flexibility index (Phi) is 4.47. The first-order valence-corrected chi connectivity index (χ1v) is 5.72. The summed E-state index contributed by atoms with van der Waals surface area (Å²) < 4.78 is 5.13. The molecule has 17 heavy (non-hydrogen) atoms. The van der Waals surface area contributed by atoms with Crippen LogP contribution in [0.2, 0.25) is 0 Å². The van der Waals surface area contributed by atoms with E-state index in [-0.39, 0.29) is 0 Å². The molecule has 2 N–H and O–H groups in total. The zero-order valence-corrected chi connectivity index (χ0v) is 10.5. The predicted octanol–water partition coefficient (Wildman–Crippen LogP) is -0.313. The Morgan fingerprint density at radius 2 is 1.82 bits per heavy atom. The predicted molar refractivity (Wildman–Crippen MR) is 61.7 cm³/mol. The van der Waals surface area contributed by atoms with Crippen LogP contribution in [-0.4, -0.2) is 59.8 Å². The summed E-state index contributed by atoms with van der Waals surface area (Å²) >= 11 is 0. The van der Waals surface area contributed by atoms with Gasteiger partial charge in [0.2, 0.25) is 6.04 Å². The fourth-order valence-corrected chi connectivity index (χ4v) is 1.70. The summed E-state index contributed by atoms with van der Waals surface area (Å²) in [5.41, 5.74) is -0.668. The normalized spacial score (nSPS) is 19.7. The Labute approximate surface area is 101 Å². The molecule has 1 atom stereocenters. The first-order valence-electron chi connectivity index (χ1n) is 5.72. The summed E-state index contributed by atoms with van der Waals surface area (Å²) in [6.45, 7) is 7.62. The van der Waals surface area contributed by atoms with Crippen LogP contribution in [0.15, 0.2) is 0 Å². The van der Waals surface area contributed by atoms with Crippen LogP contribution in [0.4, 0.5) is 0 Å². The fraction of sp³-hybridized carbons (Fsp3) is 0.818. The molecule has 1 heterocycles. The molecule has 0 aromatic rings. The number of hydrogen-bond acceptors (Lipinski definition) is 5. The summed E-state index contributed by atoms with van der Waals surface area (Å²) in [7, 11) is 0. The lowest BCUT2D eigenvalue weighted by Crippen LogP contribution is -2.55. The van der Waals surface area contributed by atoms with Gasteiger partial charge >= 0.3 is 11.9 Å². The molecule has 0 aromatic heterocycles. The molecule has 1 saturated heterocycles. The smallest absolute Gasteiger partial charge is 0.335 e. The third-order valence-electron chi connectivity index (χ3n) is 2.38. The number of nitrogens with zero attached hydrogens (tertiary/aromatic N) is 1. The molecule has 1 aliphatic rings. The average Bonchev–Trinajstić information content (AvgIpc) is 2.15. The van der Waals surface area contributed by atoms with Gasteiger partial charge in [0.25, 0.3) is 0 Å². The minimum Gasteiger partial charge on any atom is -0.480 e. The standard InChI is InChI=1S/C11H20N2O4/c1-11(2,3)17-10(16)8(9(14)15)13-6-4-12-5-7-13/h8,12H,4-7H2,1-3H3,(H,14,15). The molecule has 0 bridgehead atoms. The minimum atomic E-state index is -1.20. The molecule has 6 nitrogen and oxygen atoms in total. The number of carboxylic acid groups (broad SMARTS) is 1. The Balaban J connectivity index is 2.71. The number of aliphatic carboxylic acids is 1. The molecule has 0 amide bonds. The first-order chi connectivity index (χ1) is 7.81. The number of piperazine rings is 1. The zero-order chi connectivity index (χ0) is 13.1. The summed E-state index contributed by atoms with van der Waals surface area (Å²) in [5, 5.41) is 12.2. The van der Waals surface area contributed by atoms with E-state index in [1.54, 1.807) is 25.7 Å². The molecule has 0 spiro atoms. The largest absolute Gasteiger partial charge is 0.480 e. The molecule has 98 valence electrons. The molecule has 1 unspecified atom stereocenters. The van der Waals surface area contributed by atoms with Crippen molar-refractivity contribution in [1.82, 2.24) is 10.2 Å². The molecular weight excluding hydrogens is 224 g/mol. The summed E-state index contributed by atoms with van der Waals surface area (Å²) in [5.74, 6) is -1.84. The van der Waals surface area contributed by atoms with Crippen LogP contribution < -0.4 is 5.32 Å². The number of carbonyl (C=O) groups excluding carboxylic acids is 1. The van der Waals surface area contributed by atoms with Crippen LogP contribution in [0.25, 0.3) is 0 Å². The minimum absolute atomic E-state index is 0.538. The maximum atomic E-state index is 11.8. The number of hydrogen-bond donors (Lipinski definition) is 2. The summed E-state index contributed by atoms with van der Waals surface area (Å²) in [6.07, 6.45) is 0. The molecule has 0 saturated carbocycles. The highest BCUT2D eigenvalue weighted by atomic mass is 16.6. The van der Waals surface area contributed by atoms with Crippen LogP contribution >= 0.6 is 0 Å². The van der Waals surface area contributed by atoms with E-state index in [4.69, 9.17) is 9.84 Å². The van der Waals surface area contributed by atoms with Crippen molar-refractivity contribution in [1.29, 1.82) is 0 Å². The lowest BCUT2D eigenvalue weighted by atomic mass is 10.1. The highest BCUT2D eigenvalue weighted by Crippen LogP contribution is 2.12. The third-order valence-corrected chi connectivity index (χ3v) is 2.38. The lowest BCUT2D eigenvalue weighted by Gasteiger charge is -2.32. The van der Waals surface area contributed by atoms with Crippen molar-refractivity contribution >= 4 is 11.9 Å². The number of esters is 1. The van der Waals surface area contributed by atoms with E-state index in [1.165, 1.54) is 0 Å². The van der Waals surface area contributed by atoms with Crippen molar-refractivity contribution in [3.05, 3.63) is 0 Å². The summed E-state index contributed by atoms with van der Waals surface area (Å²) in [4.78, 5) is 24.6. The van der Waals surface area contributed by atoms with Crippen molar-refractivity contribution in [2.45, 2.75) is 32.4 Å². The highest BCUT2D eigenvalue weighted by molar-refractivity contribution is 5.98. The molecule has 1 aliphatic heterocycles. The number of rotatable bonds is 3. The molecule has 0 aromatic carbocycles.